The van der Waals surface area contributed by atoms with Crippen LogP contribution in [0.2, 0.25) is 0 Å². The Hall–Kier alpha value is -1.33. The molecule has 128 valence electrons. The van der Waals surface area contributed by atoms with E-state index in [1.165, 1.54) is 6.07 Å². The first-order valence-corrected chi connectivity index (χ1v) is 9.80. The topological polar surface area (TPSA) is 29.1 Å². The first kappa shape index (κ1) is 19.0. The molecule has 2 rings (SSSR count). The van der Waals surface area contributed by atoms with E-state index < -0.39 is 0 Å². The maximum atomic E-state index is 13.7. The number of amides is 1. The second kappa shape index (κ2) is 9.23. The molecule has 2 aromatic rings. The molecular weight excluding hydrogens is 389 g/mol. The number of para-hydroxylation sites is 1. The normalized spacial score (nSPS) is 10.7. The van der Waals surface area contributed by atoms with Crippen LogP contribution in [-0.4, -0.2) is 11.7 Å². The first-order valence-electron chi connectivity index (χ1n) is 7.85. The van der Waals surface area contributed by atoms with Crippen LogP contribution in [0.5, 0.6) is 0 Å². The van der Waals surface area contributed by atoms with Crippen LogP contribution in [0.1, 0.15) is 29.5 Å². The van der Waals surface area contributed by atoms with E-state index in [0.29, 0.717) is 17.7 Å². The van der Waals surface area contributed by atoms with E-state index >= 15 is 0 Å². The molecule has 24 heavy (non-hydrogen) atoms. The zero-order chi connectivity index (χ0) is 17.5. The second-order valence-corrected chi connectivity index (χ2v) is 7.73. The fourth-order valence-electron chi connectivity index (χ4n) is 2.37. The second-order valence-electron chi connectivity index (χ2n) is 5.71. The van der Waals surface area contributed by atoms with Crippen molar-refractivity contribution in [2.24, 2.45) is 0 Å². The molecule has 2 aromatic carbocycles. The Morgan fingerprint density at radius 2 is 1.92 bits per heavy atom. The predicted octanol–water partition coefficient (Wildman–Crippen LogP) is 5.86. The van der Waals surface area contributed by atoms with Crippen LogP contribution in [0.4, 0.5) is 10.1 Å². The van der Waals surface area contributed by atoms with Crippen LogP contribution in [0.3, 0.4) is 0 Å². The summed E-state index contributed by atoms with van der Waals surface area (Å²) in [5.41, 5.74) is 3.75. The average Bonchev–Trinajstić information content (AvgIpc) is 2.52. The molecule has 0 unspecified atom stereocenters. The van der Waals surface area contributed by atoms with Crippen LogP contribution in [0.15, 0.2) is 40.9 Å². The van der Waals surface area contributed by atoms with Crippen LogP contribution >= 0.6 is 27.7 Å². The number of halogens is 2. The lowest BCUT2D eigenvalue weighted by atomic mass is 10.1. The van der Waals surface area contributed by atoms with Gasteiger partial charge in [0.1, 0.15) is 5.82 Å². The molecule has 0 atom stereocenters. The summed E-state index contributed by atoms with van der Waals surface area (Å²) in [5, 5.41) is 2.99. The van der Waals surface area contributed by atoms with Crippen molar-refractivity contribution in [2.75, 3.05) is 11.1 Å². The number of anilines is 1. The SMILES string of the molecule is Cc1cccc(C)c1NC(=O)CCCSCc1ccc(Br)cc1F. The summed E-state index contributed by atoms with van der Waals surface area (Å²) in [6.07, 6.45) is 1.25. The summed E-state index contributed by atoms with van der Waals surface area (Å²) < 4.78 is 14.4. The van der Waals surface area contributed by atoms with E-state index in [4.69, 9.17) is 0 Å². The van der Waals surface area contributed by atoms with Gasteiger partial charge in [-0.15, -0.1) is 0 Å². The molecule has 0 saturated heterocycles. The van der Waals surface area contributed by atoms with E-state index in [1.54, 1.807) is 17.8 Å². The minimum absolute atomic E-state index is 0.0304. The maximum Gasteiger partial charge on any atom is 0.224 e. The molecule has 0 spiro atoms. The minimum Gasteiger partial charge on any atom is -0.326 e. The number of benzene rings is 2. The number of carbonyl (C=O) groups excluding carboxylic acids is 1. The van der Waals surface area contributed by atoms with Crippen molar-refractivity contribution in [2.45, 2.75) is 32.4 Å². The predicted molar refractivity (Wildman–Crippen MR) is 104 cm³/mol. The molecule has 1 amide bonds. The van der Waals surface area contributed by atoms with Crippen LogP contribution in [0, 0.1) is 19.7 Å². The van der Waals surface area contributed by atoms with Crippen molar-refractivity contribution in [1.82, 2.24) is 0 Å². The molecule has 2 nitrogen and oxygen atoms in total. The van der Waals surface area contributed by atoms with Crippen molar-refractivity contribution in [1.29, 1.82) is 0 Å². The monoisotopic (exact) mass is 409 g/mol. The first-order chi connectivity index (χ1) is 11.5. The third kappa shape index (κ3) is 5.64. The Morgan fingerprint density at radius 1 is 1.21 bits per heavy atom. The molecule has 5 heteroatoms. The van der Waals surface area contributed by atoms with Gasteiger partial charge >= 0.3 is 0 Å². The highest BCUT2D eigenvalue weighted by Crippen LogP contribution is 2.22. The Bertz CT molecular complexity index is 700. The minimum atomic E-state index is -0.190. The van der Waals surface area contributed by atoms with Crippen molar-refractivity contribution in [3.05, 3.63) is 63.4 Å². The van der Waals surface area contributed by atoms with Crippen LogP contribution < -0.4 is 5.32 Å². The van der Waals surface area contributed by atoms with Crippen molar-refractivity contribution in [3.8, 4) is 0 Å². The number of hydrogen-bond donors (Lipinski definition) is 1. The van der Waals surface area contributed by atoms with Crippen LogP contribution in [-0.2, 0) is 10.5 Å². The number of carbonyl (C=O) groups is 1. The van der Waals surface area contributed by atoms with Gasteiger partial charge in [-0.1, -0.05) is 40.2 Å². The third-order valence-electron chi connectivity index (χ3n) is 3.71. The Labute approximate surface area is 155 Å². The number of hydrogen-bond acceptors (Lipinski definition) is 2. The number of rotatable bonds is 7. The zero-order valence-corrected chi connectivity index (χ0v) is 16.3. The quantitative estimate of drug-likeness (QED) is 0.580. The van der Waals surface area contributed by atoms with E-state index in [2.05, 4.69) is 21.2 Å². The molecule has 0 heterocycles. The molecule has 0 radical (unpaired) electrons. The van der Waals surface area contributed by atoms with Gasteiger partial charge in [-0.25, -0.2) is 4.39 Å². The van der Waals surface area contributed by atoms with E-state index in [9.17, 15) is 9.18 Å². The summed E-state index contributed by atoms with van der Waals surface area (Å²) >= 11 is 4.90. The summed E-state index contributed by atoms with van der Waals surface area (Å²) in [5.74, 6) is 1.29. The molecule has 0 saturated carbocycles. The highest BCUT2D eigenvalue weighted by Gasteiger charge is 2.07. The maximum absolute atomic E-state index is 13.7. The number of thioether (sulfide) groups is 1. The molecule has 0 fully saturated rings. The van der Waals surface area contributed by atoms with Crippen LogP contribution in [0.25, 0.3) is 0 Å². The largest absolute Gasteiger partial charge is 0.326 e. The lowest BCUT2D eigenvalue weighted by Gasteiger charge is -2.11. The molecule has 0 aliphatic heterocycles. The number of aryl methyl sites for hydroxylation is 2. The highest BCUT2D eigenvalue weighted by molar-refractivity contribution is 9.10. The van der Waals surface area contributed by atoms with Gasteiger partial charge in [-0.05, 0) is 54.8 Å². The molecule has 0 bridgehead atoms. The number of nitrogens with one attached hydrogen (secondary N) is 1. The third-order valence-corrected chi connectivity index (χ3v) is 5.30. The summed E-state index contributed by atoms with van der Waals surface area (Å²) in [4.78, 5) is 12.1. The Morgan fingerprint density at radius 3 is 2.58 bits per heavy atom. The summed E-state index contributed by atoms with van der Waals surface area (Å²) in [6.45, 7) is 3.98. The highest BCUT2D eigenvalue weighted by atomic mass is 79.9. The Kier molecular flexibility index (Phi) is 7.31. The smallest absolute Gasteiger partial charge is 0.224 e. The van der Waals surface area contributed by atoms with Gasteiger partial charge < -0.3 is 5.32 Å². The van der Waals surface area contributed by atoms with Gasteiger partial charge in [-0.3, -0.25) is 4.79 Å². The summed E-state index contributed by atoms with van der Waals surface area (Å²) in [7, 11) is 0. The molecular formula is C19H21BrFNOS. The molecule has 0 aromatic heterocycles. The fourth-order valence-corrected chi connectivity index (χ4v) is 3.65. The molecule has 0 aliphatic rings. The van der Waals surface area contributed by atoms with Gasteiger partial charge in [0.05, 0.1) is 0 Å². The zero-order valence-electron chi connectivity index (χ0n) is 13.9. The van der Waals surface area contributed by atoms with E-state index in [0.717, 1.165) is 33.5 Å². The van der Waals surface area contributed by atoms with Gasteiger partial charge in [0.2, 0.25) is 5.91 Å². The van der Waals surface area contributed by atoms with Gasteiger partial charge in [0.25, 0.3) is 0 Å². The standard InChI is InChI=1S/C19H21BrFNOS/c1-13-5-3-6-14(2)19(13)22-18(23)7-4-10-24-12-15-8-9-16(20)11-17(15)21/h3,5-6,8-9,11H,4,7,10,12H2,1-2H3,(H,22,23). The van der Waals surface area contributed by atoms with Crippen molar-refractivity contribution >= 4 is 39.3 Å². The van der Waals surface area contributed by atoms with Crippen molar-refractivity contribution < 1.29 is 9.18 Å². The van der Waals surface area contributed by atoms with Gasteiger partial charge in [0.15, 0.2) is 0 Å². The van der Waals surface area contributed by atoms with Gasteiger partial charge in [0, 0.05) is 22.3 Å². The molecule has 1 N–H and O–H groups in total. The lowest BCUT2D eigenvalue weighted by Crippen LogP contribution is -2.13. The molecule has 0 aliphatic carbocycles. The Balaban J connectivity index is 1.71. The summed E-state index contributed by atoms with van der Waals surface area (Å²) in [6, 6.07) is 11.1. The van der Waals surface area contributed by atoms with Crippen molar-refractivity contribution in [3.63, 3.8) is 0 Å². The van der Waals surface area contributed by atoms with E-state index in [1.807, 2.05) is 38.1 Å². The van der Waals surface area contributed by atoms with E-state index in [-0.39, 0.29) is 11.7 Å². The fraction of sp³-hybridized carbons (Fsp3) is 0.316. The average molecular weight is 410 g/mol. The van der Waals surface area contributed by atoms with Gasteiger partial charge in [-0.2, -0.15) is 11.8 Å². The lowest BCUT2D eigenvalue weighted by molar-refractivity contribution is -0.116.